The van der Waals surface area contributed by atoms with Gasteiger partial charge in [-0.3, -0.25) is 0 Å². The Kier molecular flexibility index (Phi) is 4.25. The first-order valence-corrected chi connectivity index (χ1v) is 6.66. The third kappa shape index (κ3) is 3.24. The second-order valence-corrected chi connectivity index (χ2v) is 5.57. The lowest BCUT2D eigenvalue weighted by Crippen LogP contribution is -2.29. The zero-order chi connectivity index (χ0) is 13.0. The Morgan fingerprint density at radius 2 is 2.17 bits per heavy atom. The van der Waals surface area contributed by atoms with Gasteiger partial charge in [0.05, 0.1) is 19.3 Å². The molecule has 1 atom stereocenters. The van der Waals surface area contributed by atoms with Gasteiger partial charge in [0.2, 0.25) is 0 Å². The lowest BCUT2D eigenvalue weighted by atomic mass is 9.95. The fraction of sp³-hybridized carbons (Fsp3) is 0.600. The number of para-hydroxylation sites is 1. The molecule has 1 fully saturated rings. The molecule has 1 aromatic rings. The third-order valence-electron chi connectivity index (χ3n) is 3.17. The normalized spacial score (nSPS) is 23.4. The van der Waals surface area contributed by atoms with E-state index in [1.165, 1.54) is 0 Å². The Labute approximate surface area is 109 Å². The Bertz CT molecular complexity index is 390. The minimum atomic E-state index is 0.0783. The van der Waals surface area contributed by atoms with Crippen molar-refractivity contribution in [2.45, 2.75) is 26.9 Å². The number of rotatable bonds is 3. The quantitative estimate of drug-likeness (QED) is 0.893. The summed E-state index contributed by atoms with van der Waals surface area (Å²) in [7, 11) is 0. The molecule has 1 unspecified atom stereocenters. The monoisotopic (exact) mass is 249 g/mol. The first-order valence-electron chi connectivity index (χ1n) is 6.66. The molecule has 100 valence electrons. The van der Waals surface area contributed by atoms with Crippen molar-refractivity contribution in [2.24, 2.45) is 5.41 Å². The largest absolute Gasteiger partial charge is 0.493 e. The smallest absolute Gasteiger partial charge is 0.125 e. The van der Waals surface area contributed by atoms with Gasteiger partial charge in [-0.05, 0) is 13.0 Å². The van der Waals surface area contributed by atoms with Crippen LogP contribution in [0.25, 0.3) is 0 Å². The minimum absolute atomic E-state index is 0.0783. The molecule has 1 N–H and O–H groups in total. The molecular weight excluding hydrogens is 226 g/mol. The van der Waals surface area contributed by atoms with Gasteiger partial charge in [0.1, 0.15) is 5.75 Å². The second-order valence-electron chi connectivity index (χ2n) is 5.57. The van der Waals surface area contributed by atoms with Gasteiger partial charge in [-0.25, -0.2) is 0 Å². The molecule has 0 spiro atoms. The fourth-order valence-electron chi connectivity index (χ4n) is 2.21. The molecular formula is C15H23NO2. The summed E-state index contributed by atoms with van der Waals surface area (Å²) in [6.07, 6.45) is 0.0783. The van der Waals surface area contributed by atoms with E-state index in [0.717, 1.165) is 31.0 Å². The van der Waals surface area contributed by atoms with Gasteiger partial charge in [-0.2, -0.15) is 0 Å². The van der Waals surface area contributed by atoms with E-state index in [2.05, 4.69) is 25.2 Å². The number of benzene rings is 1. The summed E-state index contributed by atoms with van der Waals surface area (Å²) < 4.78 is 11.7. The van der Waals surface area contributed by atoms with Crippen molar-refractivity contribution in [2.75, 3.05) is 26.3 Å². The van der Waals surface area contributed by atoms with Crippen molar-refractivity contribution >= 4 is 0 Å². The lowest BCUT2D eigenvalue weighted by Gasteiger charge is -2.22. The molecule has 0 amide bonds. The summed E-state index contributed by atoms with van der Waals surface area (Å²) in [5.74, 6) is 0.937. The fourth-order valence-corrected chi connectivity index (χ4v) is 2.21. The summed E-state index contributed by atoms with van der Waals surface area (Å²) in [4.78, 5) is 0. The van der Waals surface area contributed by atoms with E-state index in [1.807, 2.05) is 25.1 Å². The predicted octanol–water partition coefficient (Wildman–Crippen LogP) is 2.77. The van der Waals surface area contributed by atoms with Gasteiger partial charge in [-0.15, -0.1) is 0 Å². The highest BCUT2D eigenvalue weighted by molar-refractivity contribution is 5.35. The number of hydrogen-bond donors (Lipinski definition) is 1. The summed E-state index contributed by atoms with van der Waals surface area (Å²) in [5, 5.41) is 3.47. The molecule has 1 heterocycles. The average Bonchev–Trinajstić information content (AvgIpc) is 2.52. The molecule has 3 heteroatoms. The van der Waals surface area contributed by atoms with Crippen LogP contribution in [0.4, 0.5) is 0 Å². The first kappa shape index (κ1) is 13.4. The Balaban J connectivity index is 2.15. The van der Waals surface area contributed by atoms with Crippen molar-refractivity contribution in [1.82, 2.24) is 5.32 Å². The van der Waals surface area contributed by atoms with Crippen LogP contribution in [0.3, 0.4) is 0 Å². The van der Waals surface area contributed by atoms with Gasteiger partial charge in [0.15, 0.2) is 0 Å². The van der Waals surface area contributed by atoms with Crippen LogP contribution >= 0.6 is 0 Å². The first-order chi connectivity index (χ1) is 8.62. The molecule has 0 saturated carbocycles. The zero-order valence-corrected chi connectivity index (χ0v) is 11.5. The topological polar surface area (TPSA) is 30.5 Å². The second kappa shape index (κ2) is 5.72. The Morgan fingerprint density at radius 3 is 2.94 bits per heavy atom. The van der Waals surface area contributed by atoms with Crippen molar-refractivity contribution in [3.8, 4) is 5.75 Å². The van der Waals surface area contributed by atoms with Gasteiger partial charge < -0.3 is 14.8 Å². The molecule has 0 aliphatic carbocycles. The summed E-state index contributed by atoms with van der Waals surface area (Å²) in [5.41, 5.74) is 1.33. The van der Waals surface area contributed by atoms with Crippen LogP contribution in [-0.2, 0) is 4.74 Å². The van der Waals surface area contributed by atoms with Gasteiger partial charge >= 0.3 is 0 Å². The molecule has 0 aromatic heterocycles. The minimum Gasteiger partial charge on any atom is -0.493 e. The van der Waals surface area contributed by atoms with Crippen LogP contribution in [0.5, 0.6) is 5.75 Å². The number of nitrogens with one attached hydrogen (secondary N) is 1. The molecule has 3 nitrogen and oxygen atoms in total. The molecule has 1 aliphatic rings. The van der Waals surface area contributed by atoms with E-state index in [-0.39, 0.29) is 11.5 Å². The van der Waals surface area contributed by atoms with Crippen molar-refractivity contribution in [3.63, 3.8) is 0 Å². The number of hydrogen-bond acceptors (Lipinski definition) is 3. The SMILES string of the molecule is CCOc1ccccc1C1CNCC(C)(C)CO1. The van der Waals surface area contributed by atoms with Crippen molar-refractivity contribution in [1.29, 1.82) is 0 Å². The lowest BCUT2D eigenvalue weighted by molar-refractivity contribution is 0.0245. The summed E-state index contributed by atoms with van der Waals surface area (Å²) in [6.45, 7) is 9.72. The summed E-state index contributed by atoms with van der Waals surface area (Å²) in [6, 6.07) is 8.15. The van der Waals surface area contributed by atoms with Crippen LogP contribution < -0.4 is 10.1 Å². The van der Waals surface area contributed by atoms with E-state index < -0.39 is 0 Å². The molecule has 18 heavy (non-hydrogen) atoms. The van der Waals surface area contributed by atoms with E-state index in [1.54, 1.807) is 0 Å². The number of ether oxygens (including phenoxy) is 2. The van der Waals surface area contributed by atoms with Gasteiger partial charge in [0, 0.05) is 24.1 Å². The summed E-state index contributed by atoms with van der Waals surface area (Å²) >= 11 is 0. The predicted molar refractivity (Wildman–Crippen MR) is 73.0 cm³/mol. The Morgan fingerprint density at radius 1 is 1.39 bits per heavy atom. The van der Waals surface area contributed by atoms with Crippen molar-refractivity contribution in [3.05, 3.63) is 29.8 Å². The van der Waals surface area contributed by atoms with E-state index in [9.17, 15) is 0 Å². The van der Waals surface area contributed by atoms with Crippen LogP contribution in [0.1, 0.15) is 32.4 Å². The molecule has 1 saturated heterocycles. The molecule has 1 aliphatic heterocycles. The third-order valence-corrected chi connectivity index (χ3v) is 3.17. The Hall–Kier alpha value is -1.06. The van der Waals surface area contributed by atoms with Gasteiger partial charge in [-0.1, -0.05) is 32.0 Å². The average molecular weight is 249 g/mol. The molecule has 0 radical (unpaired) electrons. The maximum absolute atomic E-state index is 6.05. The molecule has 1 aromatic carbocycles. The van der Waals surface area contributed by atoms with Crippen LogP contribution in [0.15, 0.2) is 24.3 Å². The van der Waals surface area contributed by atoms with E-state index in [0.29, 0.717) is 6.61 Å². The van der Waals surface area contributed by atoms with E-state index >= 15 is 0 Å². The zero-order valence-electron chi connectivity index (χ0n) is 11.5. The maximum atomic E-state index is 6.05. The van der Waals surface area contributed by atoms with Crippen molar-refractivity contribution < 1.29 is 9.47 Å². The van der Waals surface area contributed by atoms with E-state index in [4.69, 9.17) is 9.47 Å². The van der Waals surface area contributed by atoms with Gasteiger partial charge in [0.25, 0.3) is 0 Å². The molecule has 0 bridgehead atoms. The molecule has 2 rings (SSSR count). The maximum Gasteiger partial charge on any atom is 0.125 e. The highest BCUT2D eigenvalue weighted by Crippen LogP contribution is 2.30. The van der Waals surface area contributed by atoms with Crippen LogP contribution in [0, 0.1) is 5.41 Å². The van der Waals surface area contributed by atoms with Crippen LogP contribution in [-0.4, -0.2) is 26.3 Å². The van der Waals surface area contributed by atoms with Crippen LogP contribution in [0.2, 0.25) is 0 Å². The highest BCUT2D eigenvalue weighted by atomic mass is 16.5. The standard InChI is InChI=1S/C15H23NO2/c1-4-17-13-8-6-5-7-12(13)14-9-16-10-15(2,3)11-18-14/h5-8,14,16H,4,9-11H2,1-3H3. The highest BCUT2D eigenvalue weighted by Gasteiger charge is 2.26.